The quantitative estimate of drug-likeness (QED) is 0.441. The summed E-state index contributed by atoms with van der Waals surface area (Å²) in [4.78, 5) is 9.98. The van der Waals surface area contributed by atoms with Crippen LogP contribution in [-0.4, -0.2) is 10.9 Å². The van der Waals surface area contributed by atoms with Gasteiger partial charge in [-0.15, -0.1) is 19.3 Å². The minimum absolute atomic E-state index is 0. The van der Waals surface area contributed by atoms with Crippen molar-refractivity contribution in [3.63, 3.8) is 0 Å². The standard InChI is InChI=1S/C6H6NO.V/c1-7-3-2-6(4-7)5-8;/h2-5H,1H2;/q-1;. The van der Waals surface area contributed by atoms with Gasteiger partial charge in [0, 0.05) is 18.6 Å². The maximum absolute atomic E-state index is 9.98. The Bertz CT molecular complexity index is 195. The number of hydrogen-bond donors (Lipinski definition) is 0. The first-order chi connectivity index (χ1) is 3.83. The molecule has 0 spiro atoms. The van der Waals surface area contributed by atoms with Crippen LogP contribution in [0, 0.1) is 7.05 Å². The Morgan fingerprint density at radius 1 is 1.67 bits per heavy atom. The molecule has 0 aliphatic carbocycles. The van der Waals surface area contributed by atoms with Crippen molar-refractivity contribution in [3.05, 3.63) is 31.1 Å². The Hall–Kier alpha value is -0.596. The molecule has 0 aliphatic rings. The summed E-state index contributed by atoms with van der Waals surface area (Å²) in [5, 5.41) is 0. The molecule has 1 aromatic rings. The molecule has 0 aliphatic heterocycles. The van der Waals surface area contributed by atoms with Gasteiger partial charge in [0.2, 0.25) is 0 Å². The Morgan fingerprint density at radius 3 is 2.56 bits per heavy atom. The first-order valence-electron chi connectivity index (χ1n) is 2.27. The Labute approximate surface area is 65.8 Å². The number of carbonyl (C=O) groups is 1. The van der Waals surface area contributed by atoms with E-state index in [1.165, 1.54) is 0 Å². The molecule has 1 radical (unpaired) electrons. The molecule has 1 rings (SSSR count). The molecule has 0 unspecified atom stereocenters. The van der Waals surface area contributed by atoms with Crippen molar-refractivity contribution in [2.75, 3.05) is 0 Å². The van der Waals surface area contributed by atoms with E-state index in [2.05, 4.69) is 7.05 Å². The zero-order chi connectivity index (χ0) is 5.98. The molecule has 9 heavy (non-hydrogen) atoms. The summed E-state index contributed by atoms with van der Waals surface area (Å²) in [6, 6.07) is 1.71. The molecule has 0 N–H and O–H groups in total. The molecule has 1 heterocycles. The van der Waals surface area contributed by atoms with Crippen molar-refractivity contribution in [3.8, 4) is 0 Å². The zero-order valence-corrected chi connectivity index (χ0v) is 6.22. The van der Waals surface area contributed by atoms with E-state index in [0.717, 1.165) is 6.29 Å². The predicted molar refractivity (Wildman–Crippen MR) is 30.6 cm³/mol. The van der Waals surface area contributed by atoms with Gasteiger partial charge in [0.25, 0.3) is 0 Å². The topological polar surface area (TPSA) is 22.0 Å². The van der Waals surface area contributed by atoms with Crippen molar-refractivity contribution in [1.29, 1.82) is 0 Å². The minimum atomic E-state index is 0. The molecule has 0 aromatic carbocycles. The fourth-order valence-corrected chi connectivity index (χ4v) is 0.529. The smallest absolute Gasteiger partial charge is 0.138 e. The van der Waals surface area contributed by atoms with Gasteiger partial charge in [-0.1, -0.05) is 6.20 Å². The molecule has 0 saturated carbocycles. The summed E-state index contributed by atoms with van der Waals surface area (Å²) < 4.78 is 1.59. The van der Waals surface area contributed by atoms with E-state index in [0.29, 0.717) is 5.56 Å². The normalized spacial score (nSPS) is 8.00. The van der Waals surface area contributed by atoms with Gasteiger partial charge in [0.15, 0.2) is 0 Å². The molecule has 1 aromatic heterocycles. The SMILES string of the molecule is [CH2-]n1ccc(C=O)c1.[V]. The second kappa shape index (κ2) is 3.43. The monoisotopic (exact) mass is 159 g/mol. The summed E-state index contributed by atoms with van der Waals surface area (Å²) in [7, 11) is 3.55. The van der Waals surface area contributed by atoms with E-state index in [-0.39, 0.29) is 18.6 Å². The van der Waals surface area contributed by atoms with Crippen molar-refractivity contribution in [2.45, 2.75) is 0 Å². The van der Waals surface area contributed by atoms with Gasteiger partial charge in [-0.2, -0.15) is 0 Å². The van der Waals surface area contributed by atoms with Crippen LogP contribution in [0.15, 0.2) is 18.5 Å². The molecule has 47 valence electrons. The summed E-state index contributed by atoms with van der Waals surface area (Å²) >= 11 is 0. The number of aldehydes is 1. The third-order valence-corrected chi connectivity index (χ3v) is 0.909. The molecule has 2 nitrogen and oxygen atoms in total. The van der Waals surface area contributed by atoms with Crippen LogP contribution in [0.1, 0.15) is 10.4 Å². The average molecular weight is 159 g/mol. The maximum atomic E-state index is 9.98. The average Bonchev–Trinajstić information content (AvgIpc) is 2.14. The number of carbonyl (C=O) groups excluding carboxylic acids is 1. The molecule has 0 bridgehead atoms. The first-order valence-corrected chi connectivity index (χ1v) is 2.27. The van der Waals surface area contributed by atoms with Gasteiger partial charge in [-0.05, 0) is 5.56 Å². The van der Waals surface area contributed by atoms with E-state index < -0.39 is 0 Å². The van der Waals surface area contributed by atoms with E-state index in [9.17, 15) is 4.79 Å². The van der Waals surface area contributed by atoms with Crippen LogP contribution in [0.2, 0.25) is 0 Å². The molecule has 0 amide bonds. The third-order valence-electron chi connectivity index (χ3n) is 0.909. The van der Waals surface area contributed by atoms with Crippen molar-refractivity contribution >= 4 is 6.29 Å². The van der Waals surface area contributed by atoms with Gasteiger partial charge in [-0.25, -0.2) is 0 Å². The third kappa shape index (κ3) is 2.00. The Kier molecular flexibility index (Phi) is 3.21. The van der Waals surface area contributed by atoms with E-state index in [1.54, 1.807) is 23.0 Å². The number of nitrogens with zero attached hydrogens (tertiary/aromatic N) is 1. The minimum Gasteiger partial charge on any atom is -0.493 e. The summed E-state index contributed by atoms with van der Waals surface area (Å²) in [5.41, 5.74) is 0.667. The summed E-state index contributed by atoms with van der Waals surface area (Å²) in [6.07, 6.45) is 4.18. The number of hydrogen-bond acceptors (Lipinski definition) is 1. The van der Waals surface area contributed by atoms with Gasteiger partial charge in [0.1, 0.15) is 6.29 Å². The number of aromatic nitrogens is 1. The van der Waals surface area contributed by atoms with Crippen LogP contribution < -0.4 is 0 Å². The fourth-order valence-electron chi connectivity index (χ4n) is 0.529. The molecule has 0 fully saturated rings. The second-order valence-corrected chi connectivity index (χ2v) is 1.58. The largest absolute Gasteiger partial charge is 0.493 e. The fraction of sp³-hybridized carbons (Fsp3) is 0. The molecular formula is C6H6NOV-. The van der Waals surface area contributed by atoms with E-state index >= 15 is 0 Å². The predicted octanol–water partition coefficient (Wildman–Crippen LogP) is 0.938. The van der Waals surface area contributed by atoms with Gasteiger partial charge in [-0.3, -0.25) is 4.79 Å². The van der Waals surface area contributed by atoms with Crippen LogP contribution in [0.5, 0.6) is 0 Å². The maximum Gasteiger partial charge on any atom is 0.138 e. The van der Waals surface area contributed by atoms with Crippen molar-refractivity contribution < 1.29 is 23.4 Å². The molecule has 0 atom stereocenters. The Balaban J connectivity index is 0.000000640. The van der Waals surface area contributed by atoms with Gasteiger partial charge < -0.3 is 4.57 Å². The molecular weight excluding hydrogens is 153 g/mol. The van der Waals surface area contributed by atoms with Crippen LogP contribution in [-0.2, 0) is 18.6 Å². The van der Waals surface area contributed by atoms with E-state index in [4.69, 9.17) is 0 Å². The molecule has 0 saturated heterocycles. The molecule has 3 heteroatoms. The van der Waals surface area contributed by atoms with Crippen LogP contribution in [0.4, 0.5) is 0 Å². The zero-order valence-electron chi connectivity index (χ0n) is 4.82. The number of rotatable bonds is 1. The van der Waals surface area contributed by atoms with Crippen LogP contribution >= 0.6 is 0 Å². The van der Waals surface area contributed by atoms with E-state index in [1.807, 2.05) is 0 Å². The van der Waals surface area contributed by atoms with Gasteiger partial charge in [0.05, 0.1) is 0 Å². The summed E-state index contributed by atoms with van der Waals surface area (Å²) in [5.74, 6) is 0. The first kappa shape index (κ1) is 8.40. The Morgan fingerprint density at radius 2 is 2.33 bits per heavy atom. The van der Waals surface area contributed by atoms with Crippen molar-refractivity contribution in [1.82, 2.24) is 4.57 Å². The summed E-state index contributed by atoms with van der Waals surface area (Å²) in [6.45, 7) is 0. The van der Waals surface area contributed by atoms with Crippen molar-refractivity contribution in [2.24, 2.45) is 0 Å². The van der Waals surface area contributed by atoms with Crippen LogP contribution in [0.3, 0.4) is 0 Å². The van der Waals surface area contributed by atoms with Gasteiger partial charge >= 0.3 is 0 Å². The van der Waals surface area contributed by atoms with Crippen LogP contribution in [0.25, 0.3) is 0 Å². The second-order valence-electron chi connectivity index (χ2n) is 1.58.